The van der Waals surface area contributed by atoms with Gasteiger partial charge in [-0.15, -0.1) is 0 Å². The third-order valence-electron chi connectivity index (χ3n) is 2.70. The summed E-state index contributed by atoms with van der Waals surface area (Å²) in [5, 5.41) is 0. The van der Waals surface area contributed by atoms with Gasteiger partial charge in [0, 0.05) is 13.6 Å². The van der Waals surface area contributed by atoms with Crippen LogP contribution in [-0.4, -0.2) is 32.6 Å². The van der Waals surface area contributed by atoms with Gasteiger partial charge < -0.3 is 0 Å². The van der Waals surface area contributed by atoms with Gasteiger partial charge in [0.2, 0.25) is 10.0 Å². The van der Waals surface area contributed by atoms with E-state index in [4.69, 9.17) is 0 Å². The molecule has 0 radical (unpaired) electrons. The summed E-state index contributed by atoms with van der Waals surface area (Å²) in [6.07, 6.45) is 4.76. The van der Waals surface area contributed by atoms with Crippen LogP contribution in [0.5, 0.6) is 0 Å². The van der Waals surface area contributed by atoms with Crippen LogP contribution < -0.4 is 0 Å². The van der Waals surface area contributed by atoms with Crippen molar-refractivity contribution >= 4 is 10.0 Å². The summed E-state index contributed by atoms with van der Waals surface area (Å²) in [6, 6.07) is 0. The molecule has 4 heteroatoms. The van der Waals surface area contributed by atoms with E-state index in [0.717, 1.165) is 6.42 Å². The van der Waals surface area contributed by atoms with Gasteiger partial charge in [-0.2, -0.15) is 0 Å². The van der Waals surface area contributed by atoms with Crippen molar-refractivity contribution in [3.63, 3.8) is 0 Å². The van der Waals surface area contributed by atoms with Crippen molar-refractivity contribution in [2.45, 2.75) is 26.2 Å². The summed E-state index contributed by atoms with van der Waals surface area (Å²) in [6.45, 7) is 2.87. The number of hydrogen-bond acceptors (Lipinski definition) is 2. The number of hydrogen-bond donors (Lipinski definition) is 0. The topological polar surface area (TPSA) is 37.4 Å². The molecular weight excluding hydrogens is 174 g/mol. The summed E-state index contributed by atoms with van der Waals surface area (Å²) in [4.78, 5) is 0. The highest BCUT2D eigenvalue weighted by Crippen LogP contribution is 2.48. The standard InChI is InChI=1S/C8H17NO2S/c1-8(4-5-8)6-7-9(2)12(3,10)11/h4-7H2,1-3H3. The minimum atomic E-state index is -2.96. The molecule has 0 unspecified atom stereocenters. The van der Waals surface area contributed by atoms with E-state index in [1.54, 1.807) is 7.05 Å². The van der Waals surface area contributed by atoms with E-state index in [1.165, 1.54) is 23.4 Å². The van der Waals surface area contributed by atoms with Crippen LogP contribution in [0.1, 0.15) is 26.2 Å². The Bertz CT molecular complexity index is 254. The Morgan fingerprint density at radius 3 is 2.25 bits per heavy atom. The highest BCUT2D eigenvalue weighted by atomic mass is 32.2. The van der Waals surface area contributed by atoms with Gasteiger partial charge in [-0.05, 0) is 24.7 Å². The van der Waals surface area contributed by atoms with Crippen LogP contribution in [0.2, 0.25) is 0 Å². The summed E-state index contributed by atoms with van der Waals surface area (Å²) in [5.74, 6) is 0. The molecule has 1 aliphatic carbocycles. The van der Waals surface area contributed by atoms with E-state index >= 15 is 0 Å². The zero-order valence-corrected chi connectivity index (χ0v) is 8.82. The number of sulfonamides is 1. The van der Waals surface area contributed by atoms with Crippen molar-refractivity contribution in [3.8, 4) is 0 Å². The van der Waals surface area contributed by atoms with Crippen LogP contribution in [-0.2, 0) is 10.0 Å². The summed E-state index contributed by atoms with van der Waals surface area (Å²) >= 11 is 0. The number of nitrogens with zero attached hydrogens (tertiary/aromatic N) is 1. The van der Waals surface area contributed by atoms with Gasteiger partial charge in [0.05, 0.1) is 6.26 Å². The van der Waals surface area contributed by atoms with E-state index in [1.807, 2.05) is 0 Å². The summed E-state index contributed by atoms with van der Waals surface area (Å²) in [7, 11) is -1.32. The summed E-state index contributed by atoms with van der Waals surface area (Å²) in [5.41, 5.74) is 0.443. The zero-order chi connectivity index (χ0) is 9.41. The number of rotatable bonds is 4. The molecular formula is C8H17NO2S. The van der Waals surface area contributed by atoms with Gasteiger partial charge in [0.25, 0.3) is 0 Å². The Kier molecular flexibility index (Phi) is 2.50. The van der Waals surface area contributed by atoms with Crippen LogP contribution in [0.25, 0.3) is 0 Å². The molecule has 0 aliphatic heterocycles. The molecule has 0 bridgehead atoms. The fourth-order valence-corrected chi connectivity index (χ4v) is 1.48. The normalized spacial score (nSPS) is 21.3. The molecule has 0 aromatic carbocycles. The predicted octanol–water partition coefficient (Wildman–Crippen LogP) is 1.07. The van der Waals surface area contributed by atoms with Gasteiger partial charge >= 0.3 is 0 Å². The summed E-state index contributed by atoms with van der Waals surface area (Å²) < 4.78 is 23.4. The Labute approximate surface area is 74.8 Å². The van der Waals surface area contributed by atoms with E-state index in [0.29, 0.717) is 12.0 Å². The molecule has 1 aliphatic rings. The van der Waals surface area contributed by atoms with Crippen molar-refractivity contribution in [3.05, 3.63) is 0 Å². The lowest BCUT2D eigenvalue weighted by Gasteiger charge is -2.16. The van der Waals surface area contributed by atoms with Gasteiger partial charge in [0.1, 0.15) is 0 Å². The second-order valence-corrected chi connectivity index (χ2v) is 6.23. The molecule has 0 spiro atoms. The lowest BCUT2D eigenvalue weighted by atomic mass is 10.1. The largest absolute Gasteiger partial charge is 0.213 e. The Morgan fingerprint density at radius 2 is 1.92 bits per heavy atom. The average molecular weight is 191 g/mol. The molecule has 0 aromatic heterocycles. The molecule has 72 valence electrons. The lowest BCUT2D eigenvalue weighted by Crippen LogP contribution is -2.27. The van der Waals surface area contributed by atoms with Gasteiger partial charge in [-0.1, -0.05) is 6.92 Å². The zero-order valence-electron chi connectivity index (χ0n) is 8.00. The molecule has 3 nitrogen and oxygen atoms in total. The minimum absolute atomic E-state index is 0.443. The smallest absolute Gasteiger partial charge is 0.210 e. The second kappa shape index (κ2) is 3.00. The third-order valence-corrected chi connectivity index (χ3v) is 4.01. The first-order chi connectivity index (χ1) is 5.33. The maximum atomic E-state index is 11.0. The maximum absolute atomic E-state index is 11.0. The highest BCUT2D eigenvalue weighted by molar-refractivity contribution is 7.88. The van der Waals surface area contributed by atoms with Crippen molar-refractivity contribution < 1.29 is 8.42 Å². The molecule has 12 heavy (non-hydrogen) atoms. The first kappa shape index (κ1) is 9.99. The maximum Gasteiger partial charge on any atom is 0.210 e. The Morgan fingerprint density at radius 1 is 1.42 bits per heavy atom. The molecule has 0 heterocycles. The van der Waals surface area contributed by atoms with E-state index in [2.05, 4.69) is 6.92 Å². The molecule has 0 saturated heterocycles. The Balaban J connectivity index is 2.32. The van der Waals surface area contributed by atoms with E-state index in [-0.39, 0.29) is 0 Å². The van der Waals surface area contributed by atoms with Crippen molar-refractivity contribution in [2.24, 2.45) is 5.41 Å². The average Bonchev–Trinajstić information content (AvgIpc) is 2.62. The first-order valence-electron chi connectivity index (χ1n) is 4.25. The van der Waals surface area contributed by atoms with Gasteiger partial charge in [-0.25, -0.2) is 12.7 Å². The molecule has 0 atom stereocenters. The Hall–Kier alpha value is -0.0900. The van der Waals surface area contributed by atoms with E-state index < -0.39 is 10.0 Å². The van der Waals surface area contributed by atoms with Crippen molar-refractivity contribution in [1.82, 2.24) is 4.31 Å². The fraction of sp³-hybridized carbons (Fsp3) is 1.00. The second-order valence-electron chi connectivity index (χ2n) is 4.15. The lowest BCUT2D eigenvalue weighted by molar-refractivity contribution is 0.407. The fourth-order valence-electron chi connectivity index (χ4n) is 1.06. The molecule has 1 fully saturated rings. The first-order valence-corrected chi connectivity index (χ1v) is 6.10. The highest BCUT2D eigenvalue weighted by Gasteiger charge is 2.37. The van der Waals surface area contributed by atoms with Crippen LogP contribution >= 0.6 is 0 Å². The van der Waals surface area contributed by atoms with Crippen LogP contribution in [0.15, 0.2) is 0 Å². The van der Waals surface area contributed by atoms with E-state index in [9.17, 15) is 8.42 Å². The molecule has 0 aromatic rings. The van der Waals surface area contributed by atoms with Crippen molar-refractivity contribution in [2.75, 3.05) is 19.8 Å². The molecule has 0 amide bonds. The monoisotopic (exact) mass is 191 g/mol. The molecule has 1 rings (SSSR count). The van der Waals surface area contributed by atoms with Crippen LogP contribution in [0.3, 0.4) is 0 Å². The molecule has 1 saturated carbocycles. The van der Waals surface area contributed by atoms with Crippen LogP contribution in [0.4, 0.5) is 0 Å². The third kappa shape index (κ3) is 2.75. The van der Waals surface area contributed by atoms with Gasteiger partial charge in [-0.3, -0.25) is 0 Å². The van der Waals surface area contributed by atoms with Crippen molar-refractivity contribution in [1.29, 1.82) is 0 Å². The predicted molar refractivity (Wildman–Crippen MR) is 49.4 cm³/mol. The quantitative estimate of drug-likeness (QED) is 0.666. The molecule has 0 N–H and O–H groups in total. The SMILES string of the molecule is CN(CCC1(C)CC1)S(C)(=O)=O. The van der Waals surface area contributed by atoms with Gasteiger partial charge in [0.15, 0.2) is 0 Å². The minimum Gasteiger partial charge on any atom is -0.213 e. The van der Waals surface area contributed by atoms with Crippen LogP contribution in [0, 0.1) is 5.41 Å².